The molecule has 142 valence electrons. The van der Waals surface area contributed by atoms with Crippen LogP contribution in [0, 0.1) is 17.1 Å². The van der Waals surface area contributed by atoms with Gasteiger partial charge >= 0.3 is 0 Å². The summed E-state index contributed by atoms with van der Waals surface area (Å²) >= 11 is 0. The number of nitrogens with zero attached hydrogens (tertiary/aromatic N) is 2. The summed E-state index contributed by atoms with van der Waals surface area (Å²) in [6, 6.07) is 13.2. The van der Waals surface area contributed by atoms with E-state index < -0.39 is 36.7 Å². The van der Waals surface area contributed by atoms with Crippen molar-refractivity contribution >= 4 is 19.9 Å². The lowest BCUT2D eigenvalue weighted by Gasteiger charge is -2.20. The van der Waals surface area contributed by atoms with E-state index in [2.05, 4.69) is 0 Å². The molecule has 1 atom stereocenters. The van der Waals surface area contributed by atoms with Crippen LogP contribution >= 0.6 is 0 Å². The van der Waals surface area contributed by atoms with Crippen LogP contribution in [0.3, 0.4) is 0 Å². The second-order valence-corrected chi connectivity index (χ2v) is 10.4. The van der Waals surface area contributed by atoms with Crippen LogP contribution in [0.25, 0.3) is 0 Å². The Labute approximate surface area is 157 Å². The van der Waals surface area contributed by atoms with Crippen LogP contribution in [0.15, 0.2) is 53.4 Å². The first-order valence-corrected chi connectivity index (χ1v) is 11.4. The lowest BCUT2D eigenvalue weighted by Crippen LogP contribution is -2.34. The number of sulfonamides is 1. The Morgan fingerprint density at radius 3 is 2.44 bits per heavy atom. The summed E-state index contributed by atoms with van der Waals surface area (Å²) in [5.41, 5.74) is 0.0458. The van der Waals surface area contributed by atoms with Gasteiger partial charge in [0.25, 0.3) is 0 Å². The summed E-state index contributed by atoms with van der Waals surface area (Å²) in [7, 11) is -7.78. The SMILES string of the molecule is N#Cc1ccccc1S(=O)(=O)N1CCC(c2ccccc2F)S(=O)(=O)CC1. The first-order valence-electron chi connectivity index (χ1n) is 8.22. The Morgan fingerprint density at radius 1 is 1.07 bits per heavy atom. The van der Waals surface area contributed by atoms with Crippen molar-refractivity contribution in [2.75, 3.05) is 18.8 Å². The zero-order valence-electron chi connectivity index (χ0n) is 14.2. The zero-order chi connectivity index (χ0) is 19.7. The number of halogens is 1. The van der Waals surface area contributed by atoms with Gasteiger partial charge in [-0.05, 0) is 24.6 Å². The molecule has 9 heteroatoms. The Bertz CT molecular complexity index is 1110. The van der Waals surface area contributed by atoms with Crippen LogP contribution in [0.1, 0.15) is 22.8 Å². The highest BCUT2D eigenvalue weighted by molar-refractivity contribution is 7.92. The van der Waals surface area contributed by atoms with Gasteiger partial charge in [-0.3, -0.25) is 0 Å². The van der Waals surface area contributed by atoms with E-state index in [0.29, 0.717) is 0 Å². The zero-order valence-corrected chi connectivity index (χ0v) is 15.9. The topological polar surface area (TPSA) is 95.3 Å². The van der Waals surface area contributed by atoms with Gasteiger partial charge in [-0.15, -0.1) is 0 Å². The van der Waals surface area contributed by atoms with Gasteiger partial charge in [-0.2, -0.15) is 9.57 Å². The van der Waals surface area contributed by atoms with E-state index in [1.54, 1.807) is 12.1 Å². The molecule has 0 spiro atoms. The molecule has 27 heavy (non-hydrogen) atoms. The van der Waals surface area contributed by atoms with Gasteiger partial charge in [0.15, 0.2) is 9.84 Å². The van der Waals surface area contributed by atoms with Crippen LogP contribution in [-0.4, -0.2) is 40.0 Å². The van der Waals surface area contributed by atoms with E-state index >= 15 is 0 Å². The van der Waals surface area contributed by atoms with Crippen LogP contribution in [0.2, 0.25) is 0 Å². The maximum atomic E-state index is 14.1. The van der Waals surface area contributed by atoms with Crippen molar-refractivity contribution in [3.63, 3.8) is 0 Å². The highest BCUT2D eigenvalue weighted by Crippen LogP contribution is 2.32. The monoisotopic (exact) mass is 408 g/mol. The van der Waals surface area contributed by atoms with Crippen LogP contribution in [0.4, 0.5) is 4.39 Å². The molecule has 0 saturated carbocycles. The molecule has 3 rings (SSSR count). The van der Waals surface area contributed by atoms with Gasteiger partial charge in [-0.1, -0.05) is 30.3 Å². The molecule has 1 aliphatic heterocycles. The normalized spacial score (nSPS) is 20.5. The summed E-state index contributed by atoms with van der Waals surface area (Å²) in [6.45, 7) is -0.324. The number of rotatable bonds is 3. The number of sulfone groups is 1. The first kappa shape index (κ1) is 19.5. The predicted octanol–water partition coefficient (Wildman–Crippen LogP) is 2.25. The van der Waals surface area contributed by atoms with Crippen molar-refractivity contribution < 1.29 is 21.2 Å². The lowest BCUT2D eigenvalue weighted by molar-refractivity contribution is 0.426. The van der Waals surface area contributed by atoms with Crippen molar-refractivity contribution in [2.45, 2.75) is 16.6 Å². The lowest BCUT2D eigenvalue weighted by atomic mass is 10.1. The number of nitriles is 1. The quantitative estimate of drug-likeness (QED) is 0.776. The molecule has 1 heterocycles. The first-order chi connectivity index (χ1) is 12.8. The maximum Gasteiger partial charge on any atom is 0.244 e. The van der Waals surface area contributed by atoms with Crippen molar-refractivity contribution in [3.05, 3.63) is 65.5 Å². The fraction of sp³-hybridized carbons (Fsp3) is 0.278. The van der Waals surface area contributed by atoms with E-state index in [4.69, 9.17) is 5.26 Å². The van der Waals surface area contributed by atoms with Gasteiger partial charge in [0, 0.05) is 18.7 Å². The van der Waals surface area contributed by atoms with E-state index in [-0.39, 0.29) is 35.5 Å². The summed E-state index contributed by atoms with van der Waals surface area (Å²) in [5.74, 6) is -1.04. The maximum absolute atomic E-state index is 14.1. The van der Waals surface area contributed by atoms with Crippen LogP contribution in [0.5, 0.6) is 0 Å². The third-order valence-electron chi connectivity index (χ3n) is 4.58. The second kappa shape index (κ2) is 7.38. The van der Waals surface area contributed by atoms with Gasteiger partial charge in [-0.25, -0.2) is 21.2 Å². The molecule has 0 bridgehead atoms. The highest BCUT2D eigenvalue weighted by atomic mass is 32.2. The van der Waals surface area contributed by atoms with Crippen molar-refractivity contribution in [3.8, 4) is 6.07 Å². The smallest absolute Gasteiger partial charge is 0.228 e. The minimum atomic E-state index is -4.04. The molecule has 0 aliphatic carbocycles. The molecular weight excluding hydrogens is 391 g/mol. The van der Waals surface area contributed by atoms with Gasteiger partial charge in [0.1, 0.15) is 11.9 Å². The molecule has 0 aromatic heterocycles. The highest BCUT2D eigenvalue weighted by Gasteiger charge is 2.37. The molecule has 1 saturated heterocycles. The average molecular weight is 408 g/mol. The molecule has 2 aromatic carbocycles. The molecule has 0 radical (unpaired) electrons. The largest absolute Gasteiger partial charge is 0.244 e. The van der Waals surface area contributed by atoms with Crippen molar-refractivity contribution in [1.29, 1.82) is 5.26 Å². The van der Waals surface area contributed by atoms with E-state index in [1.807, 2.05) is 6.07 Å². The predicted molar refractivity (Wildman–Crippen MR) is 97.5 cm³/mol. The minimum Gasteiger partial charge on any atom is -0.228 e. The molecular formula is C18H17FN2O4S2. The van der Waals surface area contributed by atoms with E-state index in [0.717, 1.165) is 4.31 Å². The number of benzene rings is 2. The van der Waals surface area contributed by atoms with Crippen molar-refractivity contribution in [2.24, 2.45) is 0 Å². The third-order valence-corrected chi connectivity index (χ3v) is 8.64. The van der Waals surface area contributed by atoms with E-state index in [1.165, 1.54) is 36.4 Å². The standard InChI is InChI=1S/C18H17FN2O4S2/c19-16-7-3-2-6-15(16)18-9-10-21(11-12-26(18,22)23)27(24,25)17-8-4-1-5-14(17)13-20/h1-8,18H,9-12H2. The second-order valence-electron chi connectivity index (χ2n) is 6.18. The van der Waals surface area contributed by atoms with Crippen LogP contribution < -0.4 is 0 Å². The fourth-order valence-corrected chi connectivity index (χ4v) is 6.69. The number of hydrogen-bond acceptors (Lipinski definition) is 5. The molecule has 2 aromatic rings. The third kappa shape index (κ3) is 3.74. The Kier molecular flexibility index (Phi) is 5.33. The number of hydrogen-bond donors (Lipinski definition) is 0. The summed E-state index contributed by atoms with van der Waals surface area (Å²) in [4.78, 5) is -0.158. The fourth-order valence-electron chi connectivity index (χ4n) is 3.17. The Morgan fingerprint density at radius 2 is 1.74 bits per heavy atom. The molecule has 0 N–H and O–H groups in total. The van der Waals surface area contributed by atoms with Gasteiger partial charge < -0.3 is 0 Å². The summed E-state index contributed by atoms with van der Waals surface area (Å²) in [5, 5.41) is 8.06. The Balaban J connectivity index is 1.96. The van der Waals surface area contributed by atoms with E-state index in [9.17, 15) is 21.2 Å². The molecule has 1 aliphatic rings. The molecule has 6 nitrogen and oxygen atoms in total. The Hall–Kier alpha value is -2.28. The van der Waals surface area contributed by atoms with Crippen LogP contribution in [-0.2, 0) is 19.9 Å². The van der Waals surface area contributed by atoms with Gasteiger partial charge in [0.2, 0.25) is 10.0 Å². The van der Waals surface area contributed by atoms with Crippen molar-refractivity contribution in [1.82, 2.24) is 4.31 Å². The molecule has 1 fully saturated rings. The summed E-state index contributed by atoms with van der Waals surface area (Å²) < 4.78 is 66.4. The minimum absolute atomic E-state index is 0.00439. The average Bonchev–Trinajstić information content (AvgIpc) is 2.80. The summed E-state index contributed by atoms with van der Waals surface area (Å²) in [6.07, 6.45) is -0.0583. The molecule has 0 amide bonds. The molecule has 1 unspecified atom stereocenters. The van der Waals surface area contributed by atoms with Gasteiger partial charge in [0.05, 0.1) is 21.5 Å².